The zero-order chi connectivity index (χ0) is 18.4. The normalized spacial score (nSPS) is 16.7. The number of amides is 2. The van der Waals surface area contributed by atoms with Gasteiger partial charge in [0.25, 0.3) is 5.91 Å². The predicted octanol–water partition coefficient (Wildman–Crippen LogP) is 2.68. The molecule has 1 atom stereocenters. The molecule has 1 unspecified atom stereocenters. The van der Waals surface area contributed by atoms with Crippen molar-refractivity contribution < 1.29 is 9.59 Å². The molecule has 1 fully saturated rings. The molecule has 1 aromatic heterocycles. The number of carbonyl (C=O) groups excluding carboxylic acids is 2. The van der Waals surface area contributed by atoms with Crippen LogP contribution in [0.25, 0.3) is 0 Å². The number of pyridine rings is 1. The van der Waals surface area contributed by atoms with Crippen molar-refractivity contribution in [3.8, 4) is 0 Å². The zero-order valence-corrected chi connectivity index (χ0v) is 15.4. The smallest absolute Gasteiger partial charge is 0.255 e. The first-order valence-electron chi connectivity index (χ1n) is 8.55. The van der Waals surface area contributed by atoms with Crippen LogP contribution in [-0.4, -0.2) is 40.9 Å². The van der Waals surface area contributed by atoms with E-state index in [0.29, 0.717) is 23.4 Å². The van der Waals surface area contributed by atoms with E-state index in [4.69, 9.17) is 0 Å². The highest BCUT2D eigenvalue weighted by Gasteiger charge is 2.17. The Morgan fingerprint density at radius 2 is 2.04 bits per heavy atom. The predicted molar refractivity (Wildman–Crippen MR) is 106 cm³/mol. The molecule has 136 valence electrons. The van der Waals surface area contributed by atoms with Crippen LogP contribution in [0.4, 0.5) is 11.4 Å². The van der Waals surface area contributed by atoms with Crippen molar-refractivity contribution in [2.24, 2.45) is 0 Å². The van der Waals surface area contributed by atoms with E-state index in [2.05, 4.69) is 20.9 Å². The summed E-state index contributed by atoms with van der Waals surface area (Å²) in [6.45, 7) is 2.86. The first kappa shape index (κ1) is 18.4. The lowest BCUT2D eigenvalue weighted by molar-refractivity contribution is -0.116. The van der Waals surface area contributed by atoms with Gasteiger partial charge in [-0.15, -0.1) is 0 Å². The largest absolute Gasteiger partial charge is 0.326 e. The van der Waals surface area contributed by atoms with Gasteiger partial charge in [0, 0.05) is 59.8 Å². The lowest BCUT2D eigenvalue weighted by Gasteiger charge is -2.22. The molecular formula is C19H22N4O2S. The van der Waals surface area contributed by atoms with E-state index in [9.17, 15) is 9.59 Å². The molecule has 0 saturated carbocycles. The summed E-state index contributed by atoms with van der Waals surface area (Å²) in [4.78, 5) is 28.5. The highest BCUT2D eigenvalue weighted by Crippen LogP contribution is 2.21. The zero-order valence-electron chi connectivity index (χ0n) is 14.6. The Balaban J connectivity index is 1.63. The van der Waals surface area contributed by atoms with Crippen LogP contribution in [0.1, 0.15) is 22.3 Å². The van der Waals surface area contributed by atoms with Crippen molar-refractivity contribution in [1.29, 1.82) is 0 Å². The van der Waals surface area contributed by atoms with Gasteiger partial charge >= 0.3 is 0 Å². The summed E-state index contributed by atoms with van der Waals surface area (Å²) in [5, 5.41) is 9.16. The van der Waals surface area contributed by atoms with Crippen molar-refractivity contribution in [1.82, 2.24) is 10.3 Å². The molecule has 0 spiro atoms. The van der Waals surface area contributed by atoms with Gasteiger partial charge < -0.3 is 16.0 Å². The fourth-order valence-corrected chi connectivity index (χ4v) is 3.67. The molecule has 3 rings (SSSR count). The van der Waals surface area contributed by atoms with E-state index in [1.165, 1.54) is 0 Å². The average molecular weight is 370 g/mol. The fraction of sp³-hybridized carbons (Fsp3) is 0.316. The third kappa shape index (κ3) is 5.06. The van der Waals surface area contributed by atoms with Gasteiger partial charge in [-0.2, -0.15) is 11.8 Å². The van der Waals surface area contributed by atoms with Gasteiger partial charge in [-0.05, 0) is 36.8 Å². The topological polar surface area (TPSA) is 83.1 Å². The SMILES string of the molecule is Cc1ccc(NC(=O)CC2CSCCN2)cc1NC(=O)c1ccncc1. The van der Waals surface area contributed by atoms with Gasteiger partial charge in [0.2, 0.25) is 5.91 Å². The molecule has 1 aliphatic rings. The summed E-state index contributed by atoms with van der Waals surface area (Å²) < 4.78 is 0. The van der Waals surface area contributed by atoms with Gasteiger partial charge in [-0.25, -0.2) is 0 Å². The Morgan fingerprint density at radius 1 is 1.23 bits per heavy atom. The van der Waals surface area contributed by atoms with Crippen molar-refractivity contribution in [2.75, 3.05) is 28.7 Å². The van der Waals surface area contributed by atoms with Crippen LogP contribution < -0.4 is 16.0 Å². The molecule has 2 amide bonds. The Bertz CT molecular complexity index is 776. The van der Waals surface area contributed by atoms with Crippen molar-refractivity contribution in [3.63, 3.8) is 0 Å². The summed E-state index contributed by atoms with van der Waals surface area (Å²) in [5.41, 5.74) is 2.82. The minimum absolute atomic E-state index is 0.0275. The molecule has 0 radical (unpaired) electrons. The second kappa shape index (κ2) is 8.82. The van der Waals surface area contributed by atoms with Crippen LogP contribution in [0, 0.1) is 6.92 Å². The minimum Gasteiger partial charge on any atom is -0.326 e. The number of anilines is 2. The van der Waals surface area contributed by atoms with Crippen molar-refractivity contribution in [2.45, 2.75) is 19.4 Å². The molecule has 2 aromatic rings. The standard InChI is InChI=1S/C19H22N4O2S/c1-13-2-3-15(22-18(24)11-16-12-26-9-8-21-16)10-17(13)23-19(25)14-4-6-20-7-5-14/h2-7,10,16,21H,8-9,11-12H2,1H3,(H,22,24)(H,23,25). The first-order chi connectivity index (χ1) is 12.6. The van der Waals surface area contributed by atoms with E-state index in [1.54, 1.807) is 30.6 Å². The maximum atomic E-state index is 12.3. The van der Waals surface area contributed by atoms with Crippen LogP contribution in [0.5, 0.6) is 0 Å². The van der Waals surface area contributed by atoms with Crippen LogP contribution in [-0.2, 0) is 4.79 Å². The second-order valence-electron chi connectivity index (χ2n) is 6.20. The van der Waals surface area contributed by atoms with Crippen molar-refractivity contribution in [3.05, 3.63) is 53.9 Å². The fourth-order valence-electron chi connectivity index (χ4n) is 2.72. The Labute approximate surface area is 157 Å². The highest BCUT2D eigenvalue weighted by atomic mass is 32.2. The summed E-state index contributed by atoms with van der Waals surface area (Å²) >= 11 is 1.87. The maximum absolute atomic E-state index is 12.3. The summed E-state index contributed by atoms with van der Waals surface area (Å²) in [6.07, 6.45) is 3.60. The van der Waals surface area contributed by atoms with E-state index in [1.807, 2.05) is 30.8 Å². The van der Waals surface area contributed by atoms with Crippen LogP contribution in [0.15, 0.2) is 42.7 Å². The third-order valence-corrected chi connectivity index (χ3v) is 5.27. The van der Waals surface area contributed by atoms with E-state index < -0.39 is 0 Å². The number of rotatable bonds is 5. The number of aromatic nitrogens is 1. The Hall–Kier alpha value is -2.38. The number of carbonyl (C=O) groups is 2. The van der Waals surface area contributed by atoms with Gasteiger partial charge in [-0.1, -0.05) is 6.07 Å². The van der Waals surface area contributed by atoms with E-state index in [0.717, 1.165) is 23.6 Å². The van der Waals surface area contributed by atoms with Gasteiger partial charge in [0.1, 0.15) is 0 Å². The number of benzene rings is 1. The Morgan fingerprint density at radius 3 is 2.77 bits per heavy atom. The quantitative estimate of drug-likeness (QED) is 0.754. The molecule has 1 aromatic carbocycles. The minimum atomic E-state index is -0.206. The molecule has 1 saturated heterocycles. The van der Waals surface area contributed by atoms with E-state index >= 15 is 0 Å². The second-order valence-corrected chi connectivity index (χ2v) is 7.35. The first-order valence-corrected chi connectivity index (χ1v) is 9.70. The third-order valence-electron chi connectivity index (χ3n) is 4.14. The van der Waals surface area contributed by atoms with Gasteiger partial charge in [0.05, 0.1) is 0 Å². The molecule has 0 aliphatic carbocycles. The van der Waals surface area contributed by atoms with Gasteiger partial charge in [-0.3, -0.25) is 14.6 Å². The molecule has 6 nitrogen and oxygen atoms in total. The number of hydrogen-bond acceptors (Lipinski definition) is 5. The van der Waals surface area contributed by atoms with E-state index in [-0.39, 0.29) is 17.9 Å². The maximum Gasteiger partial charge on any atom is 0.255 e. The van der Waals surface area contributed by atoms with Gasteiger partial charge in [0.15, 0.2) is 0 Å². The lowest BCUT2D eigenvalue weighted by atomic mass is 10.1. The molecule has 26 heavy (non-hydrogen) atoms. The molecular weight excluding hydrogens is 348 g/mol. The molecule has 2 heterocycles. The highest BCUT2D eigenvalue weighted by molar-refractivity contribution is 7.99. The summed E-state index contributed by atoms with van der Waals surface area (Å²) in [5.74, 6) is 1.81. The number of nitrogens with zero attached hydrogens (tertiary/aromatic N) is 1. The molecule has 7 heteroatoms. The molecule has 0 bridgehead atoms. The molecule has 1 aliphatic heterocycles. The Kier molecular flexibility index (Phi) is 6.25. The number of nitrogens with one attached hydrogen (secondary N) is 3. The summed E-state index contributed by atoms with van der Waals surface area (Å²) in [7, 11) is 0. The monoisotopic (exact) mass is 370 g/mol. The number of aryl methyl sites for hydroxylation is 1. The van der Waals surface area contributed by atoms with Crippen LogP contribution >= 0.6 is 11.8 Å². The number of hydrogen-bond donors (Lipinski definition) is 3. The number of thioether (sulfide) groups is 1. The molecule has 3 N–H and O–H groups in total. The van der Waals surface area contributed by atoms with Crippen LogP contribution in [0.3, 0.4) is 0 Å². The van der Waals surface area contributed by atoms with Crippen LogP contribution in [0.2, 0.25) is 0 Å². The van der Waals surface area contributed by atoms with Crippen molar-refractivity contribution >= 4 is 35.0 Å². The lowest BCUT2D eigenvalue weighted by Crippen LogP contribution is -2.39. The summed E-state index contributed by atoms with van der Waals surface area (Å²) in [6, 6.07) is 9.04. The average Bonchev–Trinajstić information content (AvgIpc) is 2.66.